The van der Waals surface area contributed by atoms with Crippen LogP contribution in [0.2, 0.25) is 0 Å². The topological polar surface area (TPSA) is 30.5 Å². The van der Waals surface area contributed by atoms with E-state index < -0.39 is 0 Å². The van der Waals surface area contributed by atoms with Crippen LogP contribution in [0.15, 0.2) is 24.3 Å². The first kappa shape index (κ1) is 12.1. The predicted octanol–water partition coefficient (Wildman–Crippen LogP) is 2.03. The molecule has 18 heavy (non-hydrogen) atoms. The normalized spacial score (nSPS) is 21.6. The van der Waals surface area contributed by atoms with Crippen molar-refractivity contribution in [1.82, 2.24) is 5.32 Å². The summed E-state index contributed by atoms with van der Waals surface area (Å²) in [5.74, 6) is -0.211. The molecule has 1 aliphatic carbocycles. The van der Waals surface area contributed by atoms with E-state index in [4.69, 9.17) is 9.47 Å². The van der Waals surface area contributed by atoms with Crippen LogP contribution in [0.3, 0.4) is 0 Å². The summed E-state index contributed by atoms with van der Waals surface area (Å²) in [6.07, 6.45) is 2.54. The zero-order valence-corrected chi connectivity index (χ0v) is 10.3. The Morgan fingerprint density at radius 1 is 1.39 bits per heavy atom. The van der Waals surface area contributed by atoms with E-state index in [1.54, 1.807) is 12.1 Å². The number of nitrogens with one attached hydrogen (secondary N) is 1. The summed E-state index contributed by atoms with van der Waals surface area (Å²) in [6.45, 7) is 2.04. The summed E-state index contributed by atoms with van der Waals surface area (Å²) in [6, 6.07) is 7.29. The summed E-state index contributed by atoms with van der Waals surface area (Å²) < 4.78 is 24.3. The van der Waals surface area contributed by atoms with E-state index in [0.717, 1.165) is 12.1 Å². The van der Waals surface area contributed by atoms with Crippen LogP contribution < -0.4 is 5.32 Å². The monoisotopic (exact) mass is 251 g/mol. The minimum atomic E-state index is -0.211. The number of ether oxygens (including phenoxy) is 2. The minimum Gasteiger partial charge on any atom is -0.376 e. The fourth-order valence-corrected chi connectivity index (χ4v) is 2.04. The van der Waals surface area contributed by atoms with E-state index in [2.05, 4.69) is 5.32 Å². The maximum absolute atomic E-state index is 13.3. The largest absolute Gasteiger partial charge is 0.376 e. The SMILES string of the molecule is Fc1cccc(C(CNC2CC2)OC2COC2)c1. The maximum atomic E-state index is 13.3. The molecule has 1 aromatic rings. The molecular weight excluding hydrogens is 233 g/mol. The lowest BCUT2D eigenvalue weighted by molar-refractivity contribution is -0.155. The van der Waals surface area contributed by atoms with Crippen LogP contribution >= 0.6 is 0 Å². The molecule has 2 fully saturated rings. The van der Waals surface area contributed by atoms with Crippen molar-refractivity contribution in [2.24, 2.45) is 0 Å². The Bertz CT molecular complexity index is 405. The van der Waals surface area contributed by atoms with Gasteiger partial charge in [-0.25, -0.2) is 4.39 Å². The Morgan fingerprint density at radius 2 is 2.22 bits per heavy atom. The van der Waals surface area contributed by atoms with Crippen LogP contribution in [0.1, 0.15) is 24.5 Å². The number of rotatable bonds is 6. The quantitative estimate of drug-likeness (QED) is 0.839. The van der Waals surface area contributed by atoms with Crippen LogP contribution in [-0.4, -0.2) is 31.9 Å². The Morgan fingerprint density at radius 3 is 2.83 bits per heavy atom. The van der Waals surface area contributed by atoms with Crippen LogP contribution in [0.4, 0.5) is 4.39 Å². The first-order valence-electron chi connectivity index (χ1n) is 6.53. The van der Waals surface area contributed by atoms with Gasteiger partial charge in [0.1, 0.15) is 11.9 Å². The lowest BCUT2D eigenvalue weighted by atomic mass is 10.1. The number of hydrogen-bond acceptors (Lipinski definition) is 3. The van der Waals surface area contributed by atoms with Crippen molar-refractivity contribution in [1.29, 1.82) is 0 Å². The molecule has 1 aromatic carbocycles. The minimum absolute atomic E-state index is 0.0878. The molecule has 98 valence electrons. The highest BCUT2D eigenvalue weighted by molar-refractivity contribution is 5.19. The van der Waals surface area contributed by atoms with Crippen molar-refractivity contribution >= 4 is 0 Å². The van der Waals surface area contributed by atoms with E-state index in [1.807, 2.05) is 6.07 Å². The third-order valence-corrected chi connectivity index (χ3v) is 3.35. The molecule has 1 heterocycles. The summed E-state index contributed by atoms with van der Waals surface area (Å²) in [5, 5.41) is 3.44. The third kappa shape index (κ3) is 3.07. The van der Waals surface area contributed by atoms with E-state index in [-0.39, 0.29) is 18.0 Å². The molecule has 1 saturated heterocycles. The zero-order chi connectivity index (χ0) is 12.4. The fraction of sp³-hybridized carbons (Fsp3) is 0.571. The van der Waals surface area contributed by atoms with Gasteiger partial charge in [0.15, 0.2) is 0 Å². The molecule has 1 aliphatic heterocycles. The van der Waals surface area contributed by atoms with Crippen molar-refractivity contribution in [3.8, 4) is 0 Å². The van der Waals surface area contributed by atoms with Crippen molar-refractivity contribution in [2.45, 2.75) is 31.1 Å². The van der Waals surface area contributed by atoms with Crippen molar-refractivity contribution in [3.63, 3.8) is 0 Å². The Hall–Kier alpha value is -0.970. The second-order valence-corrected chi connectivity index (χ2v) is 5.02. The summed E-state index contributed by atoms with van der Waals surface area (Å²) >= 11 is 0. The van der Waals surface area contributed by atoms with E-state index in [0.29, 0.717) is 19.3 Å². The first-order chi connectivity index (χ1) is 8.81. The standard InChI is InChI=1S/C14H18FNO2/c15-11-3-1-2-10(6-11)14(7-16-12-4-5-12)18-13-8-17-9-13/h1-3,6,12-14,16H,4-5,7-9H2. The van der Waals surface area contributed by atoms with Gasteiger partial charge in [0.2, 0.25) is 0 Å². The average Bonchev–Trinajstić information content (AvgIpc) is 3.10. The predicted molar refractivity (Wildman–Crippen MR) is 65.9 cm³/mol. The zero-order valence-electron chi connectivity index (χ0n) is 10.3. The highest BCUT2D eigenvalue weighted by Gasteiger charge is 2.27. The van der Waals surface area contributed by atoms with E-state index in [1.165, 1.54) is 18.9 Å². The van der Waals surface area contributed by atoms with Gasteiger partial charge in [0.05, 0.1) is 19.3 Å². The van der Waals surface area contributed by atoms with E-state index >= 15 is 0 Å². The molecule has 1 unspecified atom stereocenters. The van der Waals surface area contributed by atoms with Crippen LogP contribution in [-0.2, 0) is 9.47 Å². The third-order valence-electron chi connectivity index (χ3n) is 3.35. The summed E-state index contributed by atoms with van der Waals surface area (Å²) in [7, 11) is 0. The molecule has 3 rings (SSSR count). The number of halogens is 1. The van der Waals surface area contributed by atoms with Gasteiger partial charge >= 0.3 is 0 Å². The highest BCUT2D eigenvalue weighted by atomic mass is 19.1. The lowest BCUT2D eigenvalue weighted by Gasteiger charge is -2.31. The first-order valence-corrected chi connectivity index (χ1v) is 6.53. The average molecular weight is 251 g/mol. The van der Waals surface area contributed by atoms with E-state index in [9.17, 15) is 4.39 Å². The number of hydrogen-bond donors (Lipinski definition) is 1. The molecule has 0 bridgehead atoms. The van der Waals surface area contributed by atoms with Crippen molar-refractivity contribution in [2.75, 3.05) is 19.8 Å². The smallest absolute Gasteiger partial charge is 0.123 e. The fourth-order valence-electron chi connectivity index (χ4n) is 2.04. The Labute approximate surface area is 106 Å². The highest BCUT2D eigenvalue weighted by Crippen LogP contribution is 2.25. The molecule has 0 amide bonds. The van der Waals surface area contributed by atoms with Crippen LogP contribution in [0.25, 0.3) is 0 Å². The summed E-state index contributed by atoms with van der Waals surface area (Å²) in [4.78, 5) is 0. The van der Waals surface area contributed by atoms with Gasteiger partial charge < -0.3 is 14.8 Å². The van der Waals surface area contributed by atoms with Gasteiger partial charge in [0, 0.05) is 12.6 Å². The second-order valence-electron chi connectivity index (χ2n) is 5.02. The lowest BCUT2D eigenvalue weighted by Crippen LogP contribution is -2.39. The Balaban J connectivity index is 1.65. The molecule has 1 atom stereocenters. The molecule has 0 radical (unpaired) electrons. The summed E-state index contributed by atoms with van der Waals surface area (Å²) in [5.41, 5.74) is 0.898. The molecular formula is C14H18FNO2. The molecule has 4 heteroatoms. The number of benzene rings is 1. The van der Waals surface area contributed by atoms with Gasteiger partial charge in [-0.05, 0) is 30.5 Å². The van der Waals surface area contributed by atoms with Crippen LogP contribution in [0, 0.1) is 5.82 Å². The molecule has 1 N–H and O–H groups in total. The molecule has 3 nitrogen and oxygen atoms in total. The van der Waals surface area contributed by atoms with Crippen LogP contribution in [0.5, 0.6) is 0 Å². The van der Waals surface area contributed by atoms with Gasteiger partial charge in [-0.3, -0.25) is 0 Å². The Kier molecular flexibility index (Phi) is 3.59. The van der Waals surface area contributed by atoms with Crippen molar-refractivity contribution < 1.29 is 13.9 Å². The van der Waals surface area contributed by atoms with Gasteiger partial charge in [-0.15, -0.1) is 0 Å². The second kappa shape index (κ2) is 5.34. The molecule has 1 saturated carbocycles. The maximum Gasteiger partial charge on any atom is 0.123 e. The van der Waals surface area contributed by atoms with Crippen molar-refractivity contribution in [3.05, 3.63) is 35.6 Å². The molecule has 0 spiro atoms. The molecule has 2 aliphatic rings. The van der Waals surface area contributed by atoms with Gasteiger partial charge in [0.25, 0.3) is 0 Å². The molecule has 0 aromatic heterocycles. The van der Waals surface area contributed by atoms with Gasteiger partial charge in [-0.2, -0.15) is 0 Å². The van der Waals surface area contributed by atoms with Gasteiger partial charge in [-0.1, -0.05) is 12.1 Å².